The second kappa shape index (κ2) is 6.13. The molecule has 0 saturated carbocycles. The van der Waals surface area contributed by atoms with E-state index in [-0.39, 0.29) is 12.0 Å². The van der Waals surface area contributed by atoms with Crippen molar-refractivity contribution < 1.29 is 9.90 Å². The molecule has 0 bridgehead atoms. The fourth-order valence-electron chi connectivity index (χ4n) is 3.27. The molecule has 22 heavy (non-hydrogen) atoms. The molecule has 3 rings (SSSR count). The first-order valence-corrected chi connectivity index (χ1v) is 8.11. The minimum Gasteiger partial charge on any atom is -0.391 e. The number of benzene rings is 1. The number of hydrogen-bond acceptors (Lipinski definition) is 2. The molecule has 0 aliphatic carbocycles. The number of amides is 1. The third-order valence-electron chi connectivity index (χ3n) is 4.26. The van der Waals surface area contributed by atoms with Gasteiger partial charge in [0.1, 0.15) is 0 Å². The van der Waals surface area contributed by atoms with E-state index in [1.165, 1.54) is 0 Å². The summed E-state index contributed by atoms with van der Waals surface area (Å²) in [5, 5.41) is 10.8. The van der Waals surface area contributed by atoms with Gasteiger partial charge in [0.2, 0.25) is 0 Å². The average molecular weight is 300 g/mol. The normalized spacial score (nSPS) is 19.1. The van der Waals surface area contributed by atoms with E-state index in [9.17, 15) is 9.90 Å². The lowest BCUT2D eigenvalue weighted by atomic mass is 10.1. The monoisotopic (exact) mass is 300 g/mol. The van der Waals surface area contributed by atoms with Crippen molar-refractivity contribution in [3.8, 4) is 0 Å². The number of nitrogens with zero attached hydrogens (tertiary/aromatic N) is 2. The number of aliphatic hydroxyl groups is 1. The SMILES string of the molecule is CC(C)Cn1cc(C(=O)N2CCCC(O)C2)c2ccccc21. The molecule has 0 spiro atoms. The van der Waals surface area contributed by atoms with Gasteiger partial charge in [0.15, 0.2) is 0 Å². The largest absolute Gasteiger partial charge is 0.391 e. The maximum absolute atomic E-state index is 12.9. The molecule has 2 aromatic rings. The van der Waals surface area contributed by atoms with Crippen molar-refractivity contribution in [1.29, 1.82) is 0 Å². The van der Waals surface area contributed by atoms with Gasteiger partial charge in [-0.05, 0) is 24.8 Å². The Bertz CT molecular complexity index is 675. The molecule has 1 fully saturated rings. The molecule has 1 saturated heterocycles. The summed E-state index contributed by atoms with van der Waals surface area (Å²) in [4.78, 5) is 14.6. The second-order valence-electron chi connectivity index (χ2n) is 6.65. The number of fused-ring (bicyclic) bond motifs is 1. The first-order valence-electron chi connectivity index (χ1n) is 8.11. The molecule has 1 aromatic heterocycles. The maximum Gasteiger partial charge on any atom is 0.256 e. The molecule has 1 aliphatic rings. The predicted molar refractivity (Wildman–Crippen MR) is 87.9 cm³/mol. The Morgan fingerprint density at radius 3 is 2.86 bits per heavy atom. The number of para-hydroxylation sites is 1. The third-order valence-corrected chi connectivity index (χ3v) is 4.26. The number of aromatic nitrogens is 1. The highest BCUT2D eigenvalue weighted by molar-refractivity contribution is 6.07. The van der Waals surface area contributed by atoms with E-state index in [0.29, 0.717) is 12.5 Å². The first-order chi connectivity index (χ1) is 10.6. The molecule has 118 valence electrons. The molecule has 4 nitrogen and oxygen atoms in total. The Kier molecular flexibility index (Phi) is 4.21. The topological polar surface area (TPSA) is 45.5 Å². The van der Waals surface area contributed by atoms with Gasteiger partial charge in [-0.3, -0.25) is 4.79 Å². The van der Waals surface area contributed by atoms with Crippen molar-refractivity contribution in [3.63, 3.8) is 0 Å². The number of β-amino-alcohol motifs (C(OH)–C–C–N with tert-alkyl or cyclic N) is 1. The number of carbonyl (C=O) groups is 1. The number of carbonyl (C=O) groups excluding carboxylic acids is 1. The number of rotatable bonds is 3. The lowest BCUT2D eigenvalue weighted by Crippen LogP contribution is -2.42. The van der Waals surface area contributed by atoms with Crippen LogP contribution in [0.3, 0.4) is 0 Å². The van der Waals surface area contributed by atoms with Gasteiger partial charge in [-0.25, -0.2) is 0 Å². The molecule has 2 heterocycles. The van der Waals surface area contributed by atoms with Gasteiger partial charge >= 0.3 is 0 Å². The fourth-order valence-corrected chi connectivity index (χ4v) is 3.27. The van der Waals surface area contributed by atoms with E-state index in [4.69, 9.17) is 0 Å². The van der Waals surface area contributed by atoms with Crippen LogP contribution in [-0.4, -0.2) is 39.7 Å². The van der Waals surface area contributed by atoms with E-state index in [1.54, 1.807) is 4.90 Å². The van der Waals surface area contributed by atoms with Crippen molar-refractivity contribution in [2.75, 3.05) is 13.1 Å². The number of hydrogen-bond donors (Lipinski definition) is 1. The summed E-state index contributed by atoms with van der Waals surface area (Å²) in [5.74, 6) is 0.563. The molecular formula is C18H24N2O2. The minimum absolute atomic E-state index is 0.0393. The summed E-state index contributed by atoms with van der Waals surface area (Å²) in [6.07, 6.45) is 3.26. The molecule has 1 aromatic carbocycles. The van der Waals surface area contributed by atoms with E-state index in [1.807, 2.05) is 24.4 Å². The quantitative estimate of drug-likeness (QED) is 0.947. The van der Waals surface area contributed by atoms with Crippen molar-refractivity contribution in [2.24, 2.45) is 5.92 Å². The molecule has 1 N–H and O–H groups in total. The molecule has 1 aliphatic heterocycles. The molecule has 4 heteroatoms. The van der Waals surface area contributed by atoms with Gasteiger partial charge in [-0.2, -0.15) is 0 Å². The lowest BCUT2D eigenvalue weighted by Gasteiger charge is -2.30. The Morgan fingerprint density at radius 2 is 2.14 bits per heavy atom. The number of likely N-dealkylation sites (tertiary alicyclic amines) is 1. The predicted octanol–water partition coefficient (Wildman–Crippen LogP) is 2.89. The summed E-state index contributed by atoms with van der Waals surface area (Å²) < 4.78 is 2.17. The van der Waals surface area contributed by atoms with Gasteiger partial charge < -0.3 is 14.6 Å². The van der Waals surface area contributed by atoms with Crippen LogP contribution >= 0.6 is 0 Å². The van der Waals surface area contributed by atoms with Gasteiger partial charge in [0.25, 0.3) is 5.91 Å². The molecule has 0 radical (unpaired) electrons. The van der Waals surface area contributed by atoms with Crippen molar-refractivity contribution in [3.05, 3.63) is 36.0 Å². The third kappa shape index (κ3) is 2.88. The van der Waals surface area contributed by atoms with Gasteiger partial charge in [0.05, 0.1) is 11.7 Å². The van der Waals surface area contributed by atoms with Crippen LogP contribution in [0.25, 0.3) is 10.9 Å². The van der Waals surface area contributed by atoms with Gasteiger partial charge in [0, 0.05) is 36.7 Å². The van der Waals surface area contributed by atoms with Crippen molar-refractivity contribution in [2.45, 2.75) is 39.3 Å². The minimum atomic E-state index is -0.387. The van der Waals surface area contributed by atoms with E-state index in [2.05, 4.69) is 24.5 Å². The second-order valence-corrected chi connectivity index (χ2v) is 6.65. The van der Waals surface area contributed by atoms with Crippen LogP contribution in [0.4, 0.5) is 0 Å². The summed E-state index contributed by atoms with van der Waals surface area (Å²) >= 11 is 0. The van der Waals surface area contributed by atoms with Gasteiger partial charge in [-0.1, -0.05) is 32.0 Å². The zero-order chi connectivity index (χ0) is 15.7. The molecule has 1 atom stereocenters. The lowest BCUT2D eigenvalue weighted by molar-refractivity contribution is 0.0475. The standard InChI is InChI=1S/C18H24N2O2/c1-13(2)10-20-12-16(15-7-3-4-8-17(15)20)18(22)19-9-5-6-14(21)11-19/h3-4,7-8,12-14,21H,5-6,9-11H2,1-2H3. The van der Waals surface area contributed by atoms with E-state index < -0.39 is 0 Å². The highest BCUT2D eigenvalue weighted by Gasteiger charge is 2.25. The Hall–Kier alpha value is -1.81. The van der Waals surface area contributed by atoms with Crippen LogP contribution < -0.4 is 0 Å². The van der Waals surface area contributed by atoms with E-state index >= 15 is 0 Å². The summed E-state index contributed by atoms with van der Waals surface area (Å²) in [5.41, 5.74) is 1.86. The van der Waals surface area contributed by atoms with Gasteiger partial charge in [-0.15, -0.1) is 0 Å². The first kappa shape index (κ1) is 15.1. The van der Waals surface area contributed by atoms with Crippen molar-refractivity contribution >= 4 is 16.8 Å². The zero-order valence-corrected chi connectivity index (χ0v) is 13.3. The van der Waals surface area contributed by atoms with E-state index in [0.717, 1.165) is 42.4 Å². The number of piperidine rings is 1. The summed E-state index contributed by atoms with van der Waals surface area (Å²) in [7, 11) is 0. The molecular weight excluding hydrogens is 276 g/mol. The fraction of sp³-hybridized carbons (Fsp3) is 0.500. The molecule has 1 unspecified atom stereocenters. The van der Waals surface area contributed by atoms with Crippen LogP contribution in [0.5, 0.6) is 0 Å². The Labute approximate surface area is 131 Å². The van der Waals surface area contributed by atoms with Crippen LogP contribution in [-0.2, 0) is 6.54 Å². The van der Waals surface area contributed by atoms with Crippen LogP contribution in [0.1, 0.15) is 37.0 Å². The Balaban J connectivity index is 1.97. The summed E-state index contributed by atoms with van der Waals surface area (Å²) in [6.45, 7) is 6.44. The highest BCUT2D eigenvalue weighted by Crippen LogP contribution is 2.25. The van der Waals surface area contributed by atoms with Crippen LogP contribution in [0.15, 0.2) is 30.5 Å². The maximum atomic E-state index is 12.9. The average Bonchev–Trinajstić information content (AvgIpc) is 2.85. The van der Waals surface area contributed by atoms with Crippen molar-refractivity contribution in [1.82, 2.24) is 9.47 Å². The summed E-state index contributed by atoms with van der Waals surface area (Å²) in [6, 6.07) is 8.07. The number of aliphatic hydroxyl groups excluding tert-OH is 1. The highest BCUT2D eigenvalue weighted by atomic mass is 16.3. The van der Waals surface area contributed by atoms with Crippen LogP contribution in [0.2, 0.25) is 0 Å². The molecule has 1 amide bonds. The van der Waals surface area contributed by atoms with Crippen LogP contribution in [0, 0.1) is 5.92 Å². The zero-order valence-electron chi connectivity index (χ0n) is 13.3. The smallest absolute Gasteiger partial charge is 0.256 e. The Morgan fingerprint density at radius 1 is 1.36 bits per heavy atom.